The first-order valence-corrected chi connectivity index (χ1v) is 6.43. The highest BCUT2D eigenvalue weighted by molar-refractivity contribution is 7.84. The van der Waals surface area contributed by atoms with Crippen molar-refractivity contribution in [3.05, 3.63) is 17.8 Å². The fourth-order valence-corrected chi connectivity index (χ4v) is 1.79. The van der Waals surface area contributed by atoms with E-state index in [1.807, 2.05) is 19.9 Å². The molecule has 0 aromatic carbocycles. The minimum atomic E-state index is -0.743. The zero-order valence-corrected chi connectivity index (χ0v) is 9.93. The Morgan fingerprint density at radius 3 is 2.93 bits per heavy atom. The van der Waals surface area contributed by atoms with Gasteiger partial charge in [0, 0.05) is 35.0 Å². The lowest BCUT2D eigenvalue weighted by Gasteiger charge is -2.07. The van der Waals surface area contributed by atoms with Crippen molar-refractivity contribution >= 4 is 22.3 Å². The molecule has 1 aromatic heterocycles. The fourth-order valence-electron chi connectivity index (χ4n) is 1.17. The molecule has 0 spiro atoms. The zero-order chi connectivity index (χ0) is 11.3. The molecule has 1 heterocycles. The summed E-state index contributed by atoms with van der Waals surface area (Å²) in [5.41, 5.74) is 7.44. The van der Waals surface area contributed by atoms with Crippen LogP contribution >= 0.6 is 0 Å². The van der Waals surface area contributed by atoms with Crippen LogP contribution in [0.4, 0.5) is 11.5 Å². The van der Waals surface area contributed by atoms with Crippen LogP contribution in [-0.4, -0.2) is 27.2 Å². The number of hydrogen-bond donors (Lipinski definition) is 2. The maximum Gasteiger partial charge on any atom is 0.149 e. The molecule has 0 fully saturated rings. The molecule has 1 atom stereocenters. The van der Waals surface area contributed by atoms with E-state index in [0.29, 0.717) is 29.6 Å². The molecule has 1 rings (SSSR count). The summed E-state index contributed by atoms with van der Waals surface area (Å²) < 4.78 is 11.2. The Morgan fingerprint density at radius 1 is 1.60 bits per heavy atom. The van der Waals surface area contributed by atoms with Crippen molar-refractivity contribution in [3.63, 3.8) is 0 Å². The smallest absolute Gasteiger partial charge is 0.149 e. The number of pyridine rings is 1. The second-order valence-electron chi connectivity index (χ2n) is 3.31. The normalized spacial score (nSPS) is 12.4. The molecule has 4 nitrogen and oxygen atoms in total. The maximum atomic E-state index is 11.2. The number of aromatic nitrogens is 1. The Kier molecular flexibility index (Phi) is 4.55. The number of aryl methyl sites for hydroxylation is 1. The van der Waals surface area contributed by atoms with E-state index >= 15 is 0 Å². The van der Waals surface area contributed by atoms with Crippen molar-refractivity contribution < 1.29 is 4.21 Å². The summed E-state index contributed by atoms with van der Waals surface area (Å²) in [5.74, 6) is 2.00. The number of nitrogens with two attached hydrogens (primary N) is 1. The SMILES string of the molecule is CCS(=O)CCNc1ncc(C)cc1N. The molecular formula is C10H17N3OS. The minimum Gasteiger partial charge on any atom is -0.396 e. The Bertz CT molecular complexity index is 355. The molecule has 1 aromatic rings. The highest BCUT2D eigenvalue weighted by Crippen LogP contribution is 2.15. The number of nitrogens with zero attached hydrogens (tertiary/aromatic N) is 1. The predicted molar refractivity (Wildman–Crippen MR) is 65.4 cm³/mol. The molecular weight excluding hydrogens is 210 g/mol. The van der Waals surface area contributed by atoms with E-state index in [1.165, 1.54) is 0 Å². The number of nitrogen functional groups attached to an aromatic ring is 1. The van der Waals surface area contributed by atoms with Gasteiger partial charge in [0.2, 0.25) is 0 Å². The Morgan fingerprint density at radius 2 is 2.33 bits per heavy atom. The average Bonchev–Trinajstić information content (AvgIpc) is 2.21. The third-order valence-corrected chi connectivity index (χ3v) is 3.30. The number of anilines is 2. The molecule has 84 valence electrons. The van der Waals surface area contributed by atoms with Gasteiger partial charge in [0.25, 0.3) is 0 Å². The highest BCUT2D eigenvalue weighted by atomic mass is 32.2. The van der Waals surface area contributed by atoms with Crippen molar-refractivity contribution in [1.82, 2.24) is 4.98 Å². The second kappa shape index (κ2) is 5.70. The van der Waals surface area contributed by atoms with Crippen molar-refractivity contribution in [3.8, 4) is 0 Å². The van der Waals surface area contributed by atoms with Gasteiger partial charge >= 0.3 is 0 Å². The summed E-state index contributed by atoms with van der Waals surface area (Å²) in [6.07, 6.45) is 1.76. The molecule has 0 bridgehead atoms. The van der Waals surface area contributed by atoms with Gasteiger partial charge in [0.15, 0.2) is 0 Å². The van der Waals surface area contributed by atoms with Gasteiger partial charge < -0.3 is 11.1 Å². The van der Waals surface area contributed by atoms with Crippen LogP contribution in [0.3, 0.4) is 0 Å². The van der Waals surface area contributed by atoms with Crippen LogP contribution in [0, 0.1) is 6.92 Å². The van der Waals surface area contributed by atoms with E-state index in [0.717, 1.165) is 5.56 Å². The second-order valence-corrected chi connectivity index (χ2v) is 5.18. The van der Waals surface area contributed by atoms with Crippen LogP contribution in [0.1, 0.15) is 12.5 Å². The van der Waals surface area contributed by atoms with E-state index in [9.17, 15) is 4.21 Å². The first-order chi connectivity index (χ1) is 7.13. The molecule has 0 saturated carbocycles. The van der Waals surface area contributed by atoms with E-state index in [1.54, 1.807) is 6.20 Å². The Balaban J connectivity index is 2.47. The molecule has 5 heteroatoms. The molecule has 0 saturated heterocycles. The fraction of sp³-hybridized carbons (Fsp3) is 0.500. The molecule has 0 radical (unpaired) electrons. The summed E-state index contributed by atoms with van der Waals surface area (Å²) in [6.45, 7) is 4.49. The van der Waals surface area contributed by atoms with E-state index in [4.69, 9.17) is 5.73 Å². The lowest BCUT2D eigenvalue weighted by atomic mass is 10.3. The topological polar surface area (TPSA) is 68.0 Å². The van der Waals surface area contributed by atoms with Crippen LogP contribution < -0.4 is 11.1 Å². The van der Waals surface area contributed by atoms with Gasteiger partial charge in [-0.15, -0.1) is 0 Å². The van der Waals surface area contributed by atoms with Gasteiger partial charge in [-0.1, -0.05) is 6.92 Å². The third-order valence-electron chi connectivity index (χ3n) is 2.00. The van der Waals surface area contributed by atoms with Crippen LogP contribution in [0.5, 0.6) is 0 Å². The predicted octanol–water partition coefficient (Wildman–Crippen LogP) is 1.15. The quantitative estimate of drug-likeness (QED) is 0.792. The first-order valence-electron chi connectivity index (χ1n) is 4.94. The standard InChI is InChI=1S/C10H17N3OS/c1-3-15(14)5-4-12-10-9(11)6-8(2)7-13-10/h6-7H,3-5,11H2,1-2H3,(H,12,13). The van der Waals surface area contributed by atoms with Crippen molar-refractivity contribution in [2.24, 2.45) is 0 Å². The molecule has 0 aliphatic rings. The van der Waals surface area contributed by atoms with Crippen molar-refractivity contribution in [1.29, 1.82) is 0 Å². The van der Waals surface area contributed by atoms with Gasteiger partial charge in [-0.05, 0) is 18.6 Å². The first kappa shape index (κ1) is 12.0. The van der Waals surface area contributed by atoms with E-state index < -0.39 is 10.8 Å². The van der Waals surface area contributed by atoms with Crippen LogP contribution in [0.25, 0.3) is 0 Å². The Labute approximate surface area is 92.7 Å². The maximum absolute atomic E-state index is 11.2. The Hall–Kier alpha value is -1.10. The molecule has 15 heavy (non-hydrogen) atoms. The molecule has 0 amide bonds. The van der Waals surface area contributed by atoms with E-state index in [-0.39, 0.29) is 0 Å². The van der Waals surface area contributed by atoms with Gasteiger partial charge in [-0.3, -0.25) is 4.21 Å². The summed E-state index contributed by atoms with van der Waals surface area (Å²) >= 11 is 0. The summed E-state index contributed by atoms with van der Waals surface area (Å²) in [6, 6.07) is 1.87. The summed E-state index contributed by atoms with van der Waals surface area (Å²) in [5, 5.41) is 3.08. The molecule has 0 aliphatic heterocycles. The highest BCUT2D eigenvalue weighted by Gasteiger charge is 2.01. The van der Waals surface area contributed by atoms with Gasteiger partial charge in [-0.25, -0.2) is 4.98 Å². The lowest BCUT2D eigenvalue weighted by molar-refractivity contribution is 0.684. The third kappa shape index (κ3) is 3.87. The molecule has 0 aliphatic carbocycles. The van der Waals surface area contributed by atoms with Gasteiger partial charge in [0.05, 0.1) is 5.69 Å². The van der Waals surface area contributed by atoms with Crippen LogP contribution in [0.15, 0.2) is 12.3 Å². The lowest BCUT2D eigenvalue weighted by Crippen LogP contribution is -2.13. The largest absolute Gasteiger partial charge is 0.396 e. The van der Waals surface area contributed by atoms with Crippen molar-refractivity contribution in [2.45, 2.75) is 13.8 Å². The van der Waals surface area contributed by atoms with Crippen molar-refractivity contribution in [2.75, 3.05) is 29.1 Å². The number of hydrogen-bond acceptors (Lipinski definition) is 4. The van der Waals surface area contributed by atoms with Gasteiger partial charge in [-0.2, -0.15) is 0 Å². The minimum absolute atomic E-state index is 0.630. The monoisotopic (exact) mass is 227 g/mol. The number of rotatable bonds is 5. The van der Waals surface area contributed by atoms with Gasteiger partial charge in [0.1, 0.15) is 5.82 Å². The summed E-state index contributed by atoms with van der Waals surface area (Å²) in [4.78, 5) is 4.17. The zero-order valence-electron chi connectivity index (χ0n) is 9.12. The van der Waals surface area contributed by atoms with E-state index in [2.05, 4.69) is 10.3 Å². The number of nitrogens with one attached hydrogen (secondary N) is 1. The van der Waals surface area contributed by atoms with Crippen LogP contribution in [-0.2, 0) is 10.8 Å². The molecule has 3 N–H and O–H groups in total. The average molecular weight is 227 g/mol. The van der Waals surface area contributed by atoms with Crippen LogP contribution in [0.2, 0.25) is 0 Å². The summed E-state index contributed by atoms with van der Waals surface area (Å²) in [7, 11) is -0.743. The molecule has 1 unspecified atom stereocenters.